The molecule has 0 spiro atoms. The molecule has 0 saturated carbocycles. The van der Waals surface area contributed by atoms with Crippen LogP contribution >= 0.6 is 23.2 Å². The summed E-state index contributed by atoms with van der Waals surface area (Å²) in [5.74, 6) is -0.117. The van der Waals surface area contributed by atoms with Crippen molar-refractivity contribution in [2.75, 3.05) is 12.4 Å². The van der Waals surface area contributed by atoms with E-state index >= 15 is 0 Å². The molecule has 1 aromatic heterocycles. The summed E-state index contributed by atoms with van der Waals surface area (Å²) in [5, 5.41) is 11.9. The van der Waals surface area contributed by atoms with Gasteiger partial charge >= 0.3 is 0 Å². The van der Waals surface area contributed by atoms with E-state index in [4.69, 9.17) is 32.4 Å². The third-order valence-electron chi connectivity index (χ3n) is 4.50. The molecule has 0 fully saturated rings. The Balaban J connectivity index is 1.75. The summed E-state index contributed by atoms with van der Waals surface area (Å²) in [4.78, 5) is 0. The van der Waals surface area contributed by atoms with Gasteiger partial charge < -0.3 is 14.5 Å². The number of hydrogen-bond donors (Lipinski definition) is 1. The second kappa shape index (κ2) is 8.91. The van der Waals surface area contributed by atoms with Crippen LogP contribution in [0.15, 0.2) is 65.1 Å². The highest BCUT2D eigenvalue weighted by molar-refractivity contribution is 6.32. The lowest BCUT2D eigenvalue weighted by Crippen LogP contribution is -2.13. The van der Waals surface area contributed by atoms with E-state index in [1.165, 1.54) is 37.4 Å². The van der Waals surface area contributed by atoms with Gasteiger partial charge in [-0.3, -0.25) is 0 Å². The molecule has 4 aromatic rings. The largest absolute Gasteiger partial charge is 0.495 e. The second-order valence-electron chi connectivity index (χ2n) is 6.55. The average molecular weight is 462 g/mol. The molecule has 4 rings (SSSR count). The van der Waals surface area contributed by atoms with Gasteiger partial charge in [0.1, 0.15) is 23.4 Å². The predicted octanol–water partition coefficient (Wildman–Crippen LogP) is 6.53. The van der Waals surface area contributed by atoms with Crippen molar-refractivity contribution in [3.63, 3.8) is 0 Å². The monoisotopic (exact) mass is 461 g/mol. The zero-order valence-electron chi connectivity index (χ0n) is 16.1. The first-order chi connectivity index (χ1) is 14.9. The van der Waals surface area contributed by atoms with Crippen LogP contribution in [0, 0.1) is 11.6 Å². The summed E-state index contributed by atoms with van der Waals surface area (Å²) in [6, 6.07) is 14.2. The Kier molecular flexibility index (Phi) is 6.06. The van der Waals surface area contributed by atoms with E-state index in [0.717, 1.165) is 0 Å². The molecule has 9 heteroatoms. The summed E-state index contributed by atoms with van der Waals surface area (Å²) >= 11 is 12.5. The van der Waals surface area contributed by atoms with Crippen LogP contribution in [0.3, 0.4) is 0 Å². The number of ether oxygens (including phenoxy) is 1. The molecule has 1 unspecified atom stereocenters. The Hall–Kier alpha value is -3.16. The Bertz CT molecular complexity index is 1230. The lowest BCUT2D eigenvalue weighted by Gasteiger charge is -2.19. The molecule has 0 aliphatic rings. The Morgan fingerprint density at radius 3 is 2.45 bits per heavy atom. The first kappa shape index (κ1) is 21.1. The summed E-state index contributed by atoms with van der Waals surface area (Å²) in [6.45, 7) is 0. The highest BCUT2D eigenvalue weighted by Gasteiger charge is 2.24. The number of benzene rings is 3. The van der Waals surface area contributed by atoms with Gasteiger partial charge in [0.05, 0.1) is 12.1 Å². The quantitative estimate of drug-likeness (QED) is 0.353. The van der Waals surface area contributed by atoms with Crippen LogP contribution in [0.25, 0.3) is 11.5 Å². The van der Waals surface area contributed by atoms with Crippen LogP contribution in [0.1, 0.15) is 17.5 Å². The lowest BCUT2D eigenvalue weighted by molar-refractivity contribution is 0.415. The summed E-state index contributed by atoms with van der Waals surface area (Å²) in [7, 11) is 1.52. The van der Waals surface area contributed by atoms with Crippen molar-refractivity contribution < 1.29 is 17.9 Å². The fraction of sp³-hybridized carbons (Fsp3) is 0.0909. The van der Waals surface area contributed by atoms with Gasteiger partial charge in [-0.15, -0.1) is 10.2 Å². The normalized spacial score (nSPS) is 11.9. The van der Waals surface area contributed by atoms with E-state index in [-0.39, 0.29) is 16.8 Å². The molecule has 0 radical (unpaired) electrons. The van der Waals surface area contributed by atoms with Crippen molar-refractivity contribution in [1.29, 1.82) is 0 Å². The van der Waals surface area contributed by atoms with Crippen LogP contribution in [0.4, 0.5) is 14.5 Å². The number of nitrogens with one attached hydrogen (secondary N) is 1. The van der Waals surface area contributed by atoms with E-state index in [9.17, 15) is 8.78 Å². The molecule has 0 aliphatic carbocycles. The molecule has 31 heavy (non-hydrogen) atoms. The molecule has 0 bridgehead atoms. The van der Waals surface area contributed by atoms with Gasteiger partial charge in [0.15, 0.2) is 0 Å². The van der Waals surface area contributed by atoms with Crippen LogP contribution in [-0.4, -0.2) is 17.3 Å². The molecule has 0 amide bonds. The number of nitrogens with zero attached hydrogens (tertiary/aromatic N) is 2. The van der Waals surface area contributed by atoms with Gasteiger partial charge in [0, 0.05) is 21.8 Å². The number of methoxy groups -OCH3 is 1. The Morgan fingerprint density at radius 1 is 0.935 bits per heavy atom. The van der Waals surface area contributed by atoms with Gasteiger partial charge in [-0.2, -0.15) is 0 Å². The van der Waals surface area contributed by atoms with Crippen molar-refractivity contribution in [3.8, 4) is 17.2 Å². The minimum Gasteiger partial charge on any atom is -0.495 e. The molecule has 0 saturated heterocycles. The molecular weight excluding hydrogens is 447 g/mol. The summed E-state index contributed by atoms with van der Waals surface area (Å²) in [5.41, 5.74) is 1.54. The maximum absolute atomic E-state index is 13.6. The number of hydrogen-bond acceptors (Lipinski definition) is 5. The van der Waals surface area contributed by atoms with Crippen molar-refractivity contribution >= 4 is 28.9 Å². The number of aromatic nitrogens is 2. The standard InChI is InChI=1S/C22H15Cl2F2N3O2/c1-30-19-8-6-15(11-18(19)24)27-20(16-7-5-14(26)10-17(16)23)22-29-28-21(31-22)12-3-2-4-13(25)9-12/h2-11,20,27H,1H3. The highest BCUT2D eigenvalue weighted by atomic mass is 35.5. The number of halogens is 4. The molecular formula is C22H15Cl2F2N3O2. The topological polar surface area (TPSA) is 60.2 Å². The predicted molar refractivity (Wildman–Crippen MR) is 115 cm³/mol. The van der Waals surface area contributed by atoms with Crippen molar-refractivity contribution in [2.45, 2.75) is 6.04 Å². The third kappa shape index (κ3) is 4.62. The fourth-order valence-corrected chi connectivity index (χ4v) is 3.55. The summed E-state index contributed by atoms with van der Waals surface area (Å²) in [6.07, 6.45) is 0. The van der Waals surface area contributed by atoms with Gasteiger partial charge in [-0.05, 0) is 48.5 Å². The van der Waals surface area contributed by atoms with Crippen molar-refractivity contribution in [3.05, 3.63) is 93.8 Å². The molecule has 5 nitrogen and oxygen atoms in total. The zero-order valence-corrected chi connectivity index (χ0v) is 17.6. The molecule has 1 atom stereocenters. The maximum atomic E-state index is 13.6. The minimum absolute atomic E-state index is 0.132. The molecule has 3 aromatic carbocycles. The molecule has 0 aliphatic heterocycles. The zero-order chi connectivity index (χ0) is 22.0. The van der Waals surface area contributed by atoms with Gasteiger partial charge in [-0.1, -0.05) is 35.3 Å². The van der Waals surface area contributed by atoms with Crippen LogP contribution < -0.4 is 10.1 Å². The van der Waals surface area contributed by atoms with E-state index in [1.807, 2.05) is 0 Å². The first-order valence-corrected chi connectivity index (χ1v) is 9.84. The van der Waals surface area contributed by atoms with Gasteiger partial charge in [0.25, 0.3) is 0 Å². The molecule has 1 N–H and O–H groups in total. The Labute approximate surface area is 186 Å². The van der Waals surface area contributed by atoms with Crippen molar-refractivity contribution in [2.24, 2.45) is 0 Å². The van der Waals surface area contributed by atoms with Crippen LogP contribution in [-0.2, 0) is 0 Å². The fourth-order valence-electron chi connectivity index (χ4n) is 3.02. The molecule has 158 valence electrons. The average Bonchev–Trinajstić information content (AvgIpc) is 3.23. The second-order valence-corrected chi connectivity index (χ2v) is 7.36. The van der Waals surface area contributed by atoms with E-state index in [2.05, 4.69) is 15.5 Å². The van der Waals surface area contributed by atoms with Crippen LogP contribution in [0.2, 0.25) is 10.0 Å². The van der Waals surface area contributed by atoms with Crippen molar-refractivity contribution in [1.82, 2.24) is 10.2 Å². The molecule has 1 heterocycles. The smallest absolute Gasteiger partial charge is 0.247 e. The Morgan fingerprint density at radius 2 is 1.74 bits per heavy atom. The van der Waals surface area contributed by atoms with Gasteiger partial charge in [-0.25, -0.2) is 8.78 Å². The van der Waals surface area contributed by atoms with Crippen LogP contribution in [0.5, 0.6) is 5.75 Å². The maximum Gasteiger partial charge on any atom is 0.247 e. The minimum atomic E-state index is -0.729. The van der Waals surface area contributed by atoms with E-state index < -0.39 is 17.7 Å². The van der Waals surface area contributed by atoms with Gasteiger partial charge in [0.2, 0.25) is 11.8 Å². The SMILES string of the molecule is COc1ccc(NC(c2nnc(-c3cccc(F)c3)o2)c2ccc(F)cc2Cl)cc1Cl. The van der Waals surface area contributed by atoms with E-state index in [0.29, 0.717) is 27.6 Å². The number of rotatable bonds is 6. The summed E-state index contributed by atoms with van der Waals surface area (Å²) < 4.78 is 38.2. The van der Waals surface area contributed by atoms with E-state index in [1.54, 1.807) is 30.3 Å². The number of anilines is 1. The lowest BCUT2D eigenvalue weighted by atomic mass is 10.1. The highest BCUT2D eigenvalue weighted by Crippen LogP contribution is 2.35. The third-order valence-corrected chi connectivity index (χ3v) is 5.12. The first-order valence-electron chi connectivity index (χ1n) is 9.09.